The quantitative estimate of drug-likeness (QED) is 0.794. The molecule has 110 valence electrons. The van der Waals surface area contributed by atoms with Gasteiger partial charge in [0.25, 0.3) is 0 Å². The van der Waals surface area contributed by atoms with Gasteiger partial charge in [-0.1, -0.05) is 6.92 Å². The molecule has 3 rings (SSSR count). The zero-order valence-electron chi connectivity index (χ0n) is 13.4. The fraction of sp³-hybridized carbons (Fsp3) is 0.800. The molecular weight excluding hydrogens is 251 g/mol. The van der Waals surface area contributed by atoms with Crippen LogP contribution in [0.15, 0.2) is 6.20 Å². The monoisotopic (exact) mass is 276 g/mol. The van der Waals surface area contributed by atoms with Crippen molar-refractivity contribution >= 4 is 12.6 Å². The van der Waals surface area contributed by atoms with Gasteiger partial charge >= 0.3 is 7.12 Å². The Balaban J connectivity index is 1.92. The second-order valence-electron chi connectivity index (χ2n) is 7.32. The van der Waals surface area contributed by atoms with Crippen molar-refractivity contribution in [3.8, 4) is 0 Å². The number of aryl methyl sites for hydroxylation is 1. The lowest BCUT2D eigenvalue weighted by atomic mass is 9.76. The summed E-state index contributed by atoms with van der Waals surface area (Å²) >= 11 is 0. The maximum atomic E-state index is 6.18. The SMILES string of the molecule is CC(c1c(B2OC(C)(C)C(C)(C)O2)cnn1C)C1CC1. The second kappa shape index (κ2) is 4.34. The molecule has 20 heavy (non-hydrogen) atoms. The Kier molecular flexibility index (Phi) is 3.07. The first-order valence-corrected chi connectivity index (χ1v) is 7.60. The molecule has 1 aromatic rings. The normalized spacial score (nSPS) is 26.0. The van der Waals surface area contributed by atoms with Crippen molar-refractivity contribution in [2.75, 3.05) is 0 Å². The number of hydrogen-bond acceptors (Lipinski definition) is 3. The van der Waals surface area contributed by atoms with E-state index in [1.165, 1.54) is 18.5 Å². The molecule has 0 spiro atoms. The smallest absolute Gasteiger partial charge is 0.399 e. The number of nitrogens with zero attached hydrogens (tertiary/aromatic N) is 2. The predicted molar refractivity (Wildman–Crippen MR) is 80.1 cm³/mol. The molecule has 0 amide bonds. The van der Waals surface area contributed by atoms with Gasteiger partial charge in [-0.25, -0.2) is 0 Å². The average Bonchev–Trinajstić information content (AvgIpc) is 3.05. The van der Waals surface area contributed by atoms with Gasteiger partial charge < -0.3 is 9.31 Å². The highest BCUT2D eigenvalue weighted by atomic mass is 16.7. The van der Waals surface area contributed by atoms with E-state index in [2.05, 4.69) is 39.7 Å². The first kappa shape index (κ1) is 14.1. The Morgan fingerprint density at radius 1 is 1.25 bits per heavy atom. The lowest BCUT2D eigenvalue weighted by molar-refractivity contribution is 0.00578. The first-order valence-electron chi connectivity index (χ1n) is 7.60. The van der Waals surface area contributed by atoms with Gasteiger partial charge in [-0.15, -0.1) is 0 Å². The van der Waals surface area contributed by atoms with E-state index in [1.54, 1.807) is 0 Å². The lowest BCUT2D eigenvalue weighted by Gasteiger charge is -2.32. The first-order chi connectivity index (χ1) is 9.23. The van der Waals surface area contributed by atoms with Crippen LogP contribution in [0.1, 0.15) is 59.1 Å². The molecule has 1 saturated carbocycles. The van der Waals surface area contributed by atoms with Gasteiger partial charge in [0, 0.05) is 30.3 Å². The molecule has 1 unspecified atom stereocenters. The Bertz CT molecular complexity index is 504. The summed E-state index contributed by atoms with van der Waals surface area (Å²) in [6.07, 6.45) is 4.57. The van der Waals surface area contributed by atoms with Crippen LogP contribution in [0.5, 0.6) is 0 Å². The zero-order chi connectivity index (χ0) is 14.7. The van der Waals surface area contributed by atoms with Crippen molar-refractivity contribution in [2.24, 2.45) is 13.0 Å². The summed E-state index contributed by atoms with van der Waals surface area (Å²) in [6, 6.07) is 0. The molecule has 4 nitrogen and oxygen atoms in total. The Morgan fingerprint density at radius 3 is 2.30 bits per heavy atom. The minimum Gasteiger partial charge on any atom is -0.399 e. The Hall–Kier alpha value is -0.805. The molecule has 1 aliphatic heterocycles. The van der Waals surface area contributed by atoms with Gasteiger partial charge in [0.2, 0.25) is 0 Å². The summed E-state index contributed by atoms with van der Waals surface area (Å²) in [6.45, 7) is 10.7. The van der Waals surface area contributed by atoms with Gasteiger partial charge in [-0.2, -0.15) is 5.10 Å². The van der Waals surface area contributed by atoms with Crippen LogP contribution < -0.4 is 5.46 Å². The number of rotatable bonds is 3. The number of aromatic nitrogens is 2. The number of hydrogen-bond donors (Lipinski definition) is 0. The predicted octanol–water partition coefficient (Wildman–Crippen LogP) is 2.23. The van der Waals surface area contributed by atoms with Gasteiger partial charge in [0.05, 0.1) is 11.2 Å². The van der Waals surface area contributed by atoms with E-state index >= 15 is 0 Å². The van der Waals surface area contributed by atoms with Gasteiger partial charge in [0.15, 0.2) is 0 Å². The maximum absolute atomic E-state index is 6.18. The van der Waals surface area contributed by atoms with E-state index < -0.39 is 0 Å². The van der Waals surface area contributed by atoms with Crippen LogP contribution in [0.3, 0.4) is 0 Å². The van der Waals surface area contributed by atoms with E-state index in [4.69, 9.17) is 9.31 Å². The molecule has 0 bridgehead atoms. The van der Waals surface area contributed by atoms with Crippen molar-refractivity contribution in [1.82, 2.24) is 9.78 Å². The molecule has 1 aromatic heterocycles. The van der Waals surface area contributed by atoms with Crippen LogP contribution >= 0.6 is 0 Å². The van der Waals surface area contributed by atoms with Crippen molar-refractivity contribution in [3.63, 3.8) is 0 Å². The third-order valence-corrected chi connectivity index (χ3v) is 5.28. The van der Waals surface area contributed by atoms with Gasteiger partial charge in [0.1, 0.15) is 0 Å². The van der Waals surface area contributed by atoms with Gasteiger partial charge in [-0.05, 0) is 46.5 Å². The molecule has 1 aliphatic carbocycles. The second-order valence-corrected chi connectivity index (χ2v) is 7.32. The highest BCUT2D eigenvalue weighted by Crippen LogP contribution is 2.42. The molecule has 1 atom stereocenters. The minimum absolute atomic E-state index is 0.298. The Morgan fingerprint density at radius 2 is 1.80 bits per heavy atom. The van der Waals surface area contributed by atoms with Crippen LogP contribution in [-0.4, -0.2) is 28.1 Å². The molecule has 0 aromatic carbocycles. The fourth-order valence-corrected chi connectivity index (χ4v) is 2.99. The summed E-state index contributed by atoms with van der Waals surface area (Å²) in [5.41, 5.74) is 1.78. The molecular formula is C15H25BN2O2. The van der Waals surface area contributed by atoms with E-state index in [0.29, 0.717) is 5.92 Å². The maximum Gasteiger partial charge on any atom is 0.498 e. The Labute approximate surface area is 122 Å². The summed E-state index contributed by atoms with van der Waals surface area (Å²) in [4.78, 5) is 0. The topological polar surface area (TPSA) is 36.3 Å². The molecule has 0 N–H and O–H groups in total. The summed E-state index contributed by atoms with van der Waals surface area (Å²) in [5, 5.41) is 4.44. The molecule has 0 radical (unpaired) electrons. The average molecular weight is 276 g/mol. The highest BCUT2D eigenvalue weighted by Gasteiger charge is 2.53. The van der Waals surface area contributed by atoms with Gasteiger partial charge in [-0.3, -0.25) is 4.68 Å². The van der Waals surface area contributed by atoms with Crippen molar-refractivity contribution < 1.29 is 9.31 Å². The third kappa shape index (κ3) is 2.11. The van der Waals surface area contributed by atoms with Crippen LogP contribution in [0.25, 0.3) is 0 Å². The fourth-order valence-electron chi connectivity index (χ4n) is 2.99. The van der Waals surface area contributed by atoms with Crippen molar-refractivity contribution in [3.05, 3.63) is 11.9 Å². The third-order valence-electron chi connectivity index (χ3n) is 5.28. The van der Waals surface area contributed by atoms with Crippen LogP contribution in [-0.2, 0) is 16.4 Å². The molecule has 2 aliphatic rings. The van der Waals surface area contributed by atoms with E-state index in [-0.39, 0.29) is 18.3 Å². The highest BCUT2D eigenvalue weighted by molar-refractivity contribution is 6.62. The summed E-state index contributed by atoms with van der Waals surface area (Å²) in [7, 11) is 1.72. The van der Waals surface area contributed by atoms with Crippen molar-refractivity contribution in [2.45, 2.75) is 64.6 Å². The van der Waals surface area contributed by atoms with E-state index in [9.17, 15) is 0 Å². The molecule has 1 saturated heterocycles. The summed E-state index contributed by atoms with van der Waals surface area (Å²) < 4.78 is 14.3. The molecule has 2 heterocycles. The molecule has 5 heteroatoms. The zero-order valence-corrected chi connectivity index (χ0v) is 13.4. The summed E-state index contributed by atoms with van der Waals surface area (Å²) in [5.74, 6) is 1.32. The van der Waals surface area contributed by atoms with Crippen molar-refractivity contribution in [1.29, 1.82) is 0 Å². The standard InChI is InChI=1S/C15H25BN2O2/c1-10(11-7-8-11)13-12(9-17-18(13)6)16-19-14(2,3)15(4,5)20-16/h9-11H,7-8H2,1-6H3. The van der Waals surface area contributed by atoms with Crippen LogP contribution in [0.4, 0.5) is 0 Å². The van der Waals surface area contributed by atoms with E-state index in [1.807, 2.05) is 17.9 Å². The molecule has 2 fully saturated rings. The largest absolute Gasteiger partial charge is 0.498 e. The van der Waals surface area contributed by atoms with E-state index in [0.717, 1.165) is 11.4 Å². The van der Waals surface area contributed by atoms with Crippen LogP contribution in [0, 0.1) is 5.92 Å². The van der Waals surface area contributed by atoms with Crippen LogP contribution in [0.2, 0.25) is 0 Å². The minimum atomic E-state index is -0.301. The lowest BCUT2D eigenvalue weighted by Crippen LogP contribution is -2.41.